The number of hydrogen-bond acceptors (Lipinski definition) is 5. The number of aliphatic carboxylic acids is 1. The fourth-order valence-electron chi connectivity index (χ4n) is 9.40. The first-order valence-corrected chi connectivity index (χ1v) is 14.1. The third-order valence-corrected chi connectivity index (χ3v) is 11.3. The molecule has 0 radical (unpaired) electrons. The second kappa shape index (κ2) is 10.4. The number of methoxy groups -OCH3 is 1. The van der Waals surface area contributed by atoms with Gasteiger partial charge in [0.25, 0.3) is 0 Å². The molecule has 0 heterocycles. The monoisotopic (exact) mass is 490 g/mol. The zero-order valence-corrected chi connectivity index (χ0v) is 22.2. The Kier molecular flexibility index (Phi) is 7.88. The van der Waals surface area contributed by atoms with Crippen molar-refractivity contribution in [3.05, 3.63) is 0 Å². The van der Waals surface area contributed by atoms with Gasteiger partial charge in [-0.25, -0.2) is 0 Å². The standard InChI is InChI=1S/C29H46O6/c1-18(5-11-26(32)34-4)22-8-9-23-21-7-6-19-17-20(35-27(33)12-10-25(30)31)13-15-28(19,2)24(21)14-16-29(22,23)3/h18-24H,5-17H2,1-4H3,(H,30,31)/t18-,19+,20-,21+,22-,23+,24+,28-,29+/m0/s1. The molecule has 0 aliphatic heterocycles. The number of carboxylic acid groups (broad SMARTS) is 1. The van der Waals surface area contributed by atoms with Gasteiger partial charge in [-0.2, -0.15) is 0 Å². The Hall–Kier alpha value is -1.59. The zero-order valence-electron chi connectivity index (χ0n) is 22.2. The molecule has 4 aliphatic rings. The predicted molar refractivity (Wildman–Crippen MR) is 132 cm³/mol. The first-order chi connectivity index (χ1) is 16.6. The van der Waals surface area contributed by atoms with E-state index in [4.69, 9.17) is 14.6 Å². The Morgan fingerprint density at radius 1 is 0.886 bits per heavy atom. The Labute approximate surface area is 210 Å². The average molecular weight is 491 g/mol. The van der Waals surface area contributed by atoms with Gasteiger partial charge in [-0.15, -0.1) is 0 Å². The second-order valence-corrected chi connectivity index (χ2v) is 12.8. The molecular formula is C29H46O6. The van der Waals surface area contributed by atoms with Crippen molar-refractivity contribution in [2.75, 3.05) is 7.11 Å². The van der Waals surface area contributed by atoms with Crippen molar-refractivity contribution in [3.8, 4) is 0 Å². The van der Waals surface area contributed by atoms with Crippen molar-refractivity contribution in [3.63, 3.8) is 0 Å². The van der Waals surface area contributed by atoms with Gasteiger partial charge in [-0.1, -0.05) is 20.8 Å². The third kappa shape index (κ3) is 5.13. The van der Waals surface area contributed by atoms with Crippen molar-refractivity contribution < 1.29 is 29.0 Å². The van der Waals surface area contributed by atoms with Crippen molar-refractivity contribution in [1.82, 2.24) is 0 Å². The van der Waals surface area contributed by atoms with Gasteiger partial charge < -0.3 is 14.6 Å². The summed E-state index contributed by atoms with van der Waals surface area (Å²) in [6.07, 6.45) is 11.9. The molecule has 1 N–H and O–H groups in total. The Balaban J connectivity index is 1.38. The van der Waals surface area contributed by atoms with Gasteiger partial charge in [-0.3, -0.25) is 14.4 Å². The Morgan fingerprint density at radius 2 is 1.60 bits per heavy atom. The van der Waals surface area contributed by atoms with Gasteiger partial charge in [-0.05, 0) is 111 Å². The summed E-state index contributed by atoms with van der Waals surface area (Å²) >= 11 is 0. The highest BCUT2D eigenvalue weighted by molar-refractivity contribution is 5.76. The van der Waals surface area contributed by atoms with E-state index in [2.05, 4.69) is 20.8 Å². The van der Waals surface area contributed by atoms with Gasteiger partial charge in [0.2, 0.25) is 0 Å². The number of hydrogen-bond donors (Lipinski definition) is 1. The molecule has 4 fully saturated rings. The van der Waals surface area contributed by atoms with Crippen LogP contribution in [-0.2, 0) is 23.9 Å². The number of ether oxygens (including phenoxy) is 2. The molecule has 4 aliphatic carbocycles. The van der Waals surface area contributed by atoms with Crippen molar-refractivity contribution in [2.45, 2.75) is 110 Å². The van der Waals surface area contributed by atoms with Crippen LogP contribution in [0, 0.1) is 46.3 Å². The molecular weight excluding hydrogens is 444 g/mol. The van der Waals surface area contributed by atoms with E-state index >= 15 is 0 Å². The summed E-state index contributed by atoms with van der Waals surface area (Å²) in [5.41, 5.74) is 0.708. The van der Waals surface area contributed by atoms with E-state index in [1.54, 1.807) is 0 Å². The van der Waals surface area contributed by atoms with Gasteiger partial charge in [0.05, 0.1) is 20.0 Å². The number of esters is 2. The molecule has 0 bridgehead atoms. The molecule has 0 saturated heterocycles. The van der Waals surface area contributed by atoms with E-state index in [1.807, 2.05) is 0 Å². The van der Waals surface area contributed by atoms with Crippen molar-refractivity contribution >= 4 is 17.9 Å². The summed E-state index contributed by atoms with van der Waals surface area (Å²) in [5, 5.41) is 8.83. The Morgan fingerprint density at radius 3 is 2.31 bits per heavy atom. The predicted octanol–water partition coefficient (Wildman–Crippen LogP) is 6.01. The lowest BCUT2D eigenvalue weighted by Gasteiger charge is -2.61. The number of carbonyl (C=O) groups excluding carboxylic acids is 2. The van der Waals surface area contributed by atoms with Crippen LogP contribution in [0.4, 0.5) is 0 Å². The number of fused-ring (bicyclic) bond motifs is 5. The average Bonchev–Trinajstić information content (AvgIpc) is 3.18. The summed E-state index contributed by atoms with van der Waals surface area (Å²) in [6.45, 7) is 7.43. The van der Waals surface area contributed by atoms with E-state index in [0.29, 0.717) is 35.0 Å². The van der Waals surface area contributed by atoms with E-state index in [0.717, 1.165) is 43.4 Å². The van der Waals surface area contributed by atoms with Crippen molar-refractivity contribution in [1.29, 1.82) is 0 Å². The van der Waals surface area contributed by atoms with E-state index in [9.17, 15) is 14.4 Å². The Bertz CT molecular complexity index is 809. The molecule has 0 aromatic carbocycles. The maximum absolute atomic E-state index is 12.1. The summed E-state index contributed by atoms with van der Waals surface area (Å²) in [4.78, 5) is 34.6. The third-order valence-electron chi connectivity index (χ3n) is 11.3. The van der Waals surface area contributed by atoms with Crippen LogP contribution in [0.5, 0.6) is 0 Å². The maximum Gasteiger partial charge on any atom is 0.306 e. The summed E-state index contributed by atoms with van der Waals surface area (Å²) < 4.78 is 10.6. The van der Waals surface area contributed by atoms with E-state index < -0.39 is 5.97 Å². The normalized spacial score (nSPS) is 41.1. The first kappa shape index (κ1) is 26.5. The van der Waals surface area contributed by atoms with Gasteiger partial charge >= 0.3 is 17.9 Å². The summed E-state index contributed by atoms with van der Waals surface area (Å²) in [5.74, 6) is 2.79. The van der Waals surface area contributed by atoms with Crippen LogP contribution in [0.2, 0.25) is 0 Å². The SMILES string of the molecule is COC(=O)CC[C@H](C)[C@@H]1CC[C@@H]2[C@H]3CC[C@@H]4C[C@@H](OC(=O)CCC(=O)O)CC[C@]4(C)[C@@H]3CC[C@@]21C. The van der Waals surface area contributed by atoms with Crippen LogP contribution in [-0.4, -0.2) is 36.2 Å². The van der Waals surface area contributed by atoms with Crippen LogP contribution in [0.25, 0.3) is 0 Å². The van der Waals surface area contributed by atoms with Gasteiger partial charge in [0.15, 0.2) is 0 Å². The molecule has 6 heteroatoms. The minimum Gasteiger partial charge on any atom is -0.481 e. The lowest BCUT2D eigenvalue weighted by molar-refractivity contribution is -0.164. The lowest BCUT2D eigenvalue weighted by atomic mass is 9.44. The molecule has 0 aromatic heterocycles. The van der Waals surface area contributed by atoms with Crippen LogP contribution in [0.1, 0.15) is 104 Å². The molecule has 0 spiro atoms. The maximum atomic E-state index is 12.1. The highest BCUT2D eigenvalue weighted by Crippen LogP contribution is 2.68. The van der Waals surface area contributed by atoms with Crippen LogP contribution < -0.4 is 0 Å². The number of rotatable bonds is 8. The largest absolute Gasteiger partial charge is 0.481 e. The zero-order chi connectivity index (χ0) is 25.4. The molecule has 0 amide bonds. The van der Waals surface area contributed by atoms with E-state index in [1.165, 1.54) is 45.6 Å². The second-order valence-electron chi connectivity index (χ2n) is 12.8. The summed E-state index contributed by atoms with van der Waals surface area (Å²) in [6, 6.07) is 0. The molecule has 198 valence electrons. The molecule has 35 heavy (non-hydrogen) atoms. The topological polar surface area (TPSA) is 89.9 Å². The molecule has 4 saturated carbocycles. The quantitative estimate of drug-likeness (QED) is 0.419. The molecule has 6 nitrogen and oxygen atoms in total. The van der Waals surface area contributed by atoms with Crippen LogP contribution >= 0.6 is 0 Å². The van der Waals surface area contributed by atoms with Crippen molar-refractivity contribution in [2.24, 2.45) is 46.3 Å². The fraction of sp³-hybridized carbons (Fsp3) is 0.897. The smallest absolute Gasteiger partial charge is 0.306 e. The lowest BCUT2D eigenvalue weighted by Crippen LogP contribution is -2.54. The molecule has 4 rings (SSSR count). The van der Waals surface area contributed by atoms with Crippen LogP contribution in [0.3, 0.4) is 0 Å². The molecule has 0 aromatic rings. The minimum atomic E-state index is -0.951. The van der Waals surface area contributed by atoms with Gasteiger partial charge in [0.1, 0.15) is 6.10 Å². The highest BCUT2D eigenvalue weighted by Gasteiger charge is 2.60. The van der Waals surface area contributed by atoms with Gasteiger partial charge in [0, 0.05) is 6.42 Å². The van der Waals surface area contributed by atoms with E-state index in [-0.39, 0.29) is 30.9 Å². The minimum absolute atomic E-state index is 0.0298. The summed E-state index contributed by atoms with van der Waals surface area (Å²) in [7, 11) is 1.48. The number of carbonyl (C=O) groups is 3. The fourth-order valence-corrected chi connectivity index (χ4v) is 9.40. The molecule has 0 unspecified atom stereocenters. The first-order valence-electron chi connectivity index (χ1n) is 14.1. The highest BCUT2D eigenvalue weighted by atomic mass is 16.5. The number of carboxylic acids is 1. The van der Waals surface area contributed by atoms with Crippen LogP contribution in [0.15, 0.2) is 0 Å². The molecule has 9 atom stereocenters.